The Hall–Kier alpha value is -2.24. The molecule has 0 bridgehead atoms. The molecule has 10 nitrogen and oxygen atoms in total. The fourth-order valence-electron chi connectivity index (χ4n) is 3.87. The van der Waals surface area contributed by atoms with E-state index < -0.39 is 20.6 Å². The molecule has 1 aliphatic heterocycles. The third-order valence-corrected chi connectivity index (χ3v) is 7.24. The molecule has 1 aromatic carbocycles. The molecule has 1 N–H and O–H groups in total. The molecule has 1 heterocycles. The number of hydrogen-bond donors (Lipinski definition) is 1. The molecule has 1 fully saturated rings. The van der Waals surface area contributed by atoms with Crippen LogP contribution in [0, 0.1) is 21.4 Å². The largest absolute Gasteiger partial charge is 0.497 e. The van der Waals surface area contributed by atoms with E-state index in [9.17, 15) is 23.3 Å². The van der Waals surface area contributed by atoms with E-state index in [1.54, 1.807) is 0 Å². The molecule has 0 radical (unpaired) electrons. The van der Waals surface area contributed by atoms with Gasteiger partial charge in [-0.15, -0.1) is 0 Å². The Bertz CT molecular complexity index is 908. The van der Waals surface area contributed by atoms with E-state index in [4.69, 9.17) is 4.74 Å². The van der Waals surface area contributed by atoms with Crippen molar-refractivity contribution in [2.75, 3.05) is 47.4 Å². The molecular weight excluding hydrogens is 424 g/mol. The minimum atomic E-state index is -4.06. The number of nitro benzene ring substituents is 1. The molecule has 1 amide bonds. The van der Waals surface area contributed by atoms with Crippen LogP contribution in [0.15, 0.2) is 23.1 Å². The number of methoxy groups -OCH3 is 1. The highest BCUT2D eigenvalue weighted by atomic mass is 32.2. The lowest BCUT2D eigenvalue weighted by Gasteiger charge is -2.32. The maximum atomic E-state index is 13.0. The number of ether oxygens (including phenoxy) is 1. The number of rotatable bonds is 9. The molecule has 0 unspecified atom stereocenters. The van der Waals surface area contributed by atoms with Crippen molar-refractivity contribution in [2.45, 2.75) is 31.6 Å². The number of amides is 1. The zero-order valence-corrected chi connectivity index (χ0v) is 19.6. The lowest BCUT2D eigenvalue weighted by molar-refractivity contribution is -0.387. The Morgan fingerprint density at radius 2 is 1.94 bits per heavy atom. The zero-order valence-electron chi connectivity index (χ0n) is 18.8. The van der Waals surface area contributed by atoms with Gasteiger partial charge < -0.3 is 15.0 Å². The number of hydrogen-bond acceptors (Lipinski definition) is 7. The van der Waals surface area contributed by atoms with Crippen molar-refractivity contribution in [2.24, 2.45) is 11.3 Å². The highest BCUT2D eigenvalue weighted by molar-refractivity contribution is 7.89. The number of carbonyl (C=O) groups is 1. The van der Waals surface area contributed by atoms with Gasteiger partial charge in [0.25, 0.3) is 5.69 Å². The van der Waals surface area contributed by atoms with Crippen LogP contribution >= 0.6 is 0 Å². The number of piperidine rings is 1. The summed E-state index contributed by atoms with van der Waals surface area (Å²) in [4.78, 5) is 24.9. The first kappa shape index (κ1) is 25.0. The van der Waals surface area contributed by atoms with Crippen molar-refractivity contribution in [1.29, 1.82) is 0 Å². The van der Waals surface area contributed by atoms with Gasteiger partial charge in [-0.3, -0.25) is 14.9 Å². The Labute approximate surface area is 183 Å². The first-order valence-electron chi connectivity index (χ1n) is 10.1. The maximum absolute atomic E-state index is 13.0. The first-order valence-corrected chi connectivity index (χ1v) is 11.6. The summed E-state index contributed by atoms with van der Waals surface area (Å²) >= 11 is 0. The quantitative estimate of drug-likeness (QED) is 0.443. The molecule has 174 valence electrons. The molecule has 31 heavy (non-hydrogen) atoms. The van der Waals surface area contributed by atoms with Crippen LogP contribution in [0.5, 0.6) is 5.75 Å². The minimum Gasteiger partial charge on any atom is -0.497 e. The van der Waals surface area contributed by atoms with Gasteiger partial charge in [0.15, 0.2) is 4.90 Å². The summed E-state index contributed by atoms with van der Waals surface area (Å²) in [7, 11) is 1.25. The van der Waals surface area contributed by atoms with Gasteiger partial charge in [0.05, 0.1) is 18.1 Å². The van der Waals surface area contributed by atoms with E-state index in [1.807, 2.05) is 14.1 Å². The number of benzene rings is 1. The van der Waals surface area contributed by atoms with E-state index in [0.717, 1.165) is 12.6 Å². The number of nitro groups is 1. The van der Waals surface area contributed by atoms with Crippen molar-refractivity contribution in [3.8, 4) is 5.75 Å². The molecule has 0 aliphatic carbocycles. The lowest BCUT2D eigenvalue weighted by atomic mass is 9.91. The Balaban J connectivity index is 2.04. The summed E-state index contributed by atoms with van der Waals surface area (Å²) in [6.07, 6.45) is 0.728. The van der Waals surface area contributed by atoms with E-state index in [-0.39, 0.29) is 41.0 Å². The third kappa shape index (κ3) is 6.37. The van der Waals surface area contributed by atoms with Crippen LogP contribution in [0.25, 0.3) is 0 Å². The Kier molecular flexibility index (Phi) is 8.01. The third-order valence-electron chi connectivity index (χ3n) is 5.29. The molecular formula is C20H32N4O6S. The SMILES string of the molecule is COc1ccc(S(=O)(=O)N2CCC(C(=O)NCC(C)(C)CN(C)C)CC2)c([N+](=O)[O-])c1. The Morgan fingerprint density at radius 1 is 1.32 bits per heavy atom. The smallest absolute Gasteiger partial charge is 0.293 e. The van der Waals surface area contributed by atoms with Crippen LogP contribution in [0.1, 0.15) is 26.7 Å². The number of nitrogens with zero attached hydrogens (tertiary/aromatic N) is 3. The highest BCUT2D eigenvalue weighted by Gasteiger charge is 2.36. The van der Waals surface area contributed by atoms with Gasteiger partial charge in [-0.2, -0.15) is 4.31 Å². The summed E-state index contributed by atoms with van der Waals surface area (Å²) in [6.45, 7) is 5.76. The number of nitrogens with one attached hydrogen (secondary N) is 1. The molecule has 0 saturated carbocycles. The Morgan fingerprint density at radius 3 is 2.45 bits per heavy atom. The summed E-state index contributed by atoms with van der Waals surface area (Å²) in [5.41, 5.74) is -0.612. The maximum Gasteiger partial charge on any atom is 0.293 e. The molecule has 0 spiro atoms. The molecule has 1 aromatic rings. The second kappa shape index (κ2) is 9.92. The van der Waals surface area contributed by atoms with Crippen molar-refractivity contribution in [1.82, 2.24) is 14.5 Å². The zero-order chi connectivity index (χ0) is 23.4. The van der Waals surface area contributed by atoms with Gasteiger partial charge in [-0.05, 0) is 44.5 Å². The highest BCUT2D eigenvalue weighted by Crippen LogP contribution is 2.32. The van der Waals surface area contributed by atoms with Crippen LogP contribution in [-0.4, -0.2) is 75.8 Å². The molecule has 0 atom stereocenters. The van der Waals surface area contributed by atoms with E-state index >= 15 is 0 Å². The monoisotopic (exact) mass is 456 g/mol. The van der Waals surface area contributed by atoms with Gasteiger partial charge in [0.1, 0.15) is 5.75 Å². The van der Waals surface area contributed by atoms with Crippen LogP contribution in [-0.2, 0) is 14.8 Å². The second-order valence-electron chi connectivity index (χ2n) is 8.89. The molecule has 2 rings (SSSR count). The van der Waals surface area contributed by atoms with Crippen LogP contribution in [0.4, 0.5) is 5.69 Å². The average Bonchev–Trinajstić information content (AvgIpc) is 2.70. The molecule has 1 aliphatic rings. The summed E-state index contributed by atoms with van der Waals surface area (Å²) in [5.74, 6) is -0.162. The van der Waals surface area contributed by atoms with Crippen molar-refractivity contribution in [3.05, 3.63) is 28.3 Å². The summed E-state index contributed by atoms with van der Waals surface area (Å²) < 4.78 is 32.2. The second-order valence-corrected chi connectivity index (χ2v) is 10.8. The van der Waals surface area contributed by atoms with E-state index in [2.05, 4.69) is 24.1 Å². The molecule has 1 saturated heterocycles. The minimum absolute atomic E-state index is 0.0840. The van der Waals surface area contributed by atoms with Gasteiger partial charge in [-0.25, -0.2) is 8.42 Å². The van der Waals surface area contributed by atoms with Gasteiger partial charge in [0, 0.05) is 32.1 Å². The van der Waals surface area contributed by atoms with Gasteiger partial charge in [-0.1, -0.05) is 13.8 Å². The van der Waals surface area contributed by atoms with E-state index in [1.165, 1.54) is 23.5 Å². The fraction of sp³-hybridized carbons (Fsp3) is 0.650. The van der Waals surface area contributed by atoms with Crippen LogP contribution < -0.4 is 10.1 Å². The standard InChI is InChI=1S/C20H32N4O6S/c1-20(2,14-22(3)4)13-21-19(25)15-8-10-23(11-9-15)31(28,29)18-7-6-16(30-5)12-17(18)24(26)27/h6-7,12,15H,8-11,13-14H2,1-5H3,(H,21,25). The van der Waals surface area contributed by atoms with Gasteiger partial charge >= 0.3 is 0 Å². The average molecular weight is 457 g/mol. The van der Waals surface area contributed by atoms with Gasteiger partial charge in [0.2, 0.25) is 15.9 Å². The number of carbonyl (C=O) groups excluding carboxylic acids is 1. The van der Waals surface area contributed by atoms with Crippen molar-refractivity contribution < 1.29 is 22.9 Å². The van der Waals surface area contributed by atoms with Crippen molar-refractivity contribution in [3.63, 3.8) is 0 Å². The lowest BCUT2D eigenvalue weighted by Crippen LogP contribution is -2.46. The normalized spacial score (nSPS) is 16.3. The topological polar surface area (TPSA) is 122 Å². The van der Waals surface area contributed by atoms with Crippen LogP contribution in [0.2, 0.25) is 0 Å². The fourth-order valence-corrected chi connectivity index (χ4v) is 5.47. The summed E-state index contributed by atoms with van der Waals surface area (Å²) in [6, 6.07) is 3.68. The van der Waals surface area contributed by atoms with Crippen LogP contribution in [0.3, 0.4) is 0 Å². The predicted molar refractivity (Wildman–Crippen MR) is 116 cm³/mol. The predicted octanol–water partition coefficient (Wildman–Crippen LogP) is 1.71. The van der Waals surface area contributed by atoms with Crippen molar-refractivity contribution >= 4 is 21.6 Å². The number of sulfonamides is 1. The van der Waals surface area contributed by atoms with E-state index in [0.29, 0.717) is 19.4 Å². The molecule has 11 heteroatoms. The first-order chi connectivity index (χ1) is 14.4. The molecule has 0 aromatic heterocycles. The summed E-state index contributed by atoms with van der Waals surface area (Å²) in [5, 5.41) is 14.4.